The van der Waals surface area contributed by atoms with Crippen molar-refractivity contribution < 1.29 is 9.53 Å². The van der Waals surface area contributed by atoms with Crippen LogP contribution in [0, 0.1) is 0 Å². The van der Waals surface area contributed by atoms with Gasteiger partial charge >= 0.3 is 0 Å². The van der Waals surface area contributed by atoms with Crippen molar-refractivity contribution in [3.05, 3.63) is 54.1 Å². The lowest BCUT2D eigenvalue weighted by molar-refractivity contribution is 0.102. The topological polar surface area (TPSA) is 81.9 Å². The molecule has 7 heteroatoms. The van der Waals surface area contributed by atoms with E-state index in [4.69, 9.17) is 4.74 Å². The fraction of sp³-hybridized carbons (Fsp3) is 0.300. The van der Waals surface area contributed by atoms with Crippen LogP contribution in [0.25, 0.3) is 11.4 Å². The summed E-state index contributed by atoms with van der Waals surface area (Å²) in [4.78, 5) is 12.7. The number of aromatic nitrogens is 4. The van der Waals surface area contributed by atoms with Gasteiger partial charge in [0, 0.05) is 11.3 Å². The number of hydrogen-bond donors (Lipinski definition) is 1. The summed E-state index contributed by atoms with van der Waals surface area (Å²) in [7, 11) is 0. The normalized spacial score (nSPS) is 13.6. The summed E-state index contributed by atoms with van der Waals surface area (Å²) in [5.41, 5.74) is 2.13. The minimum atomic E-state index is -0.207. The molecule has 1 heterocycles. The Bertz CT molecular complexity index is 945. The number of anilines is 1. The van der Waals surface area contributed by atoms with Crippen molar-refractivity contribution in [2.45, 2.75) is 38.8 Å². The van der Waals surface area contributed by atoms with E-state index in [1.54, 1.807) is 12.1 Å². The smallest absolute Gasteiger partial charge is 0.259 e. The molecule has 1 amide bonds. The first-order valence-electron chi connectivity index (χ1n) is 9.07. The van der Waals surface area contributed by atoms with Crippen LogP contribution in [0.4, 0.5) is 5.69 Å². The molecule has 7 nitrogen and oxygen atoms in total. The molecule has 0 atom stereocenters. The number of tetrazole rings is 1. The molecule has 1 N–H and O–H groups in total. The molecular formula is C20H21N5O2. The molecule has 0 aliphatic heterocycles. The van der Waals surface area contributed by atoms with Crippen LogP contribution in [0.15, 0.2) is 48.5 Å². The summed E-state index contributed by atoms with van der Waals surface area (Å²) in [6.45, 7) is 3.87. The summed E-state index contributed by atoms with van der Waals surface area (Å²) in [6.07, 6.45) is 2.23. The molecule has 0 unspecified atom stereocenters. The molecule has 1 aromatic heterocycles. The van der Waals surface area contributed by atoms with Gasteiger partial charge in [0.25, 0.3) is 5.91 Å². The third kappa shape index (κ3) is 3.81. The molecule has 3 aromatic rings. The summed E-state index contributed by atoms with van der Waals surface area (Å²) >= 11 is 0. The van der Waals surface area contributed by atoms with Crippen molar-refractivity contribution in [3.63, 3.8) is 0 Å². The molecule has 2 aromatic carbocycles. The van der Waals surface area contributed by atoms with Crippen molar-refractivity contribution in [3.8, 4) is 17.1 Å². The number of rotatable bonds is 6. The predicted octanol–water partition coefficient (Wildman–Crippen LogP) is 3.71. The Hall–Kier alpha value is -3.22. The van der Waals surface area contributed by atoms with Gasteiger partial charge in [0.2, 0.25) is 0 Å². The summed E-state index contributed by atoms with van der Waals surface area (Å²) in [5, 5.41) is 14.9. The standard InChI is InChI=1S/C20H21N5O2/c1-13(2)27-18-6-4-3-5-17(18)20(26)21-15-9-7-14(8-10-15)19-22-23-24-25(19)16-11-12-16/h3-10,13,16H,11-12H2,1-2H3,(H,21,26). The lowest BCUT2D eigenvalue weighted by Crippen LogP contribution is -2.15. The zero-order valence-corrected chi connectivity index (χ0v) is 15.3. The highest BCUT2D eigenvalue weighted by Crippen LogP contribution is 2.36. The second kappa shape index (κ2) is 7.19. The third-order valence-electron chi connectivity index (χ3n) is 4.28. The van der Waals surface area contributed by atoms with Crippen LogP contribution in [0.5, 0.6) is 5.75 Å². The van der Waals surface area contributed by atoms with Gasteiger partial charge in [0.1, 0.15) is 5.75 Å². The number of para-hydroxylation sites is 1. The first-order chi connectivity index (χ1) is 13.1. The number of hydrogen-bond acceptors (Lipinski definition) is 5. The lowest BCUT2D eigenvalue weighted by Gasteiger charge is -2.14. The number of carbonyl (C=O) groups is 1. The van der Waals surface area contributed by atoms with Gasteiger partial charge in [-0.2, -0.15) is 0 Å². The molecular weight excluding hydrogens is 342 g/mol. The molecule has 27 heavy (non-hydrogen) atoms. The Kier molecular flexibility index (Phi) is 4.58. The second-order valence-electron chi connectivity index (χ2n) is 6.87. The summed E-state index contributed by atoms with van der Waals surface area (Å²) in [5.74, 6) is 1.12. The van der Waals surface area contributed by atoms with Crippen LogP contribution in [0.1, 0.15) is 43.1 Å². The van der Waals surface area contributed by atoms with Gasteiger partial charge in [-0.15, -0.1) is 5.10 Å². The van der Waals surface area contributed by atoms with E-state index in [1.807, 2.05) is 54.9 Å². The molecule has 1 aliphatic carbocycles. The molecule has 4 rings (SSSR count). The van der Waals surface area contributed by atoms with E-state index in [-0.39, 0.29) is 12.0 Å². The molecule has 0 radical (unpaired) electrons. The van der Waals surface area contributed by atoms with Crippen LogP contribution >= 0.6 is 0 Å². The van der Waals surface area contributed by atoms with Crippen molar-refractivity contribution in [1.29, 1.82) is 0 Å². The molecule has 1 fully saturated rings. The molecule has 1 saturated carbocycles. The monoisotopic (exact) mass is 363 g/mol. The van der Waals surface area contributed by atoms with Gasteiger partial charge in [0.05, 0.1) is 17.7 Å². The van der Waals surface area contributed by atoms with E-state index in [0.717, 1.165) is 24.2 Å². The predicted molar refractivity (Wildman–Crippen MR) is 102 cm³/mol. The van der Waals surface area contributed by atoms with E-state index in [0.29, 0.717) is 23.0 Å². The minimum Gasteiger partial charge on any atom is -0.490 e. The SMILES string of the molecule is CC(C)Oc1ccccc1C(=O)Nc1ccc(-c2nnnn2C2CC2)cc1. The maximum absolute atomic E-state index is 12.7. The lowest BCUT2D eigenvalue weighted by atomic mass is 10.1. The molecule has 1 aliphatic rings. The van der Waals surface area contributed by atoms with Crippen LogP contribution in [-0.2, 0) is 0 Å². The highest BCUT2D eigenvalue weighted by Gasteiger charge is 2.28. The van der Waals surface area contributed by atoms with Gasteiger partial charge in [-0.05, 0) is 73.5 Å². The fourth-order valence-electron chi connectivity index (χ4n) is 2.86. The number of amides is 1. The van der Waals surface area contributed by atoms with Gasteiger partial charge in [-0.3, -0.25) is 4.79 Å². The second-order valence-corrected chi connectivity index (χ2v) is 6.87. The number of nitrogens with zero attached hydrogens (tertiary/aromatic N) is 4. The van der Waals surface area contributed by atoms with Crippen LogP contribution in [0.2, 0.25) is 0 Å². The van der Waals surface area contributed by atoms with Crippen molar-refractivity contribution in [2.24, 2.45) is 0 Å². The molecule has 0 spiro atoms. The van der Waals surface area contributed by atoms with E-state index in [9.17, 15) is 4.79 Å². The average molecular weight is 363 g/mol. The maximum Gasteiger partial charge on any atom is 0.259 e. The number of ether oxygens (including phenoxy) is 1. The maximum atomic E-state index is 12.7. The third-order valence-corrected chi connectivity index (χ3v) is 4.28. The molecule has 0 saturated heterocycles. The van der Waals surface area contributed by atoms with Crippen LogP contribution < -0.4 is 10.1 Å². The summed E-state index contributed by atoms with van der Waals surface area (Å²) in [6, 6.07) is 15.2. The van der Waals surface area contributed by atoms with E-state index in [2.05, 4.69) is 20.8 Å². The van der Waals surface area contributed by atoms with Crippen molar-refractivity contribution >= 4 is 11.6 Å². The van der Waals surface area contributed by atoms with E-state index >= 15 is 0 Å². The zero-order chi connectivity index (χ0) is 18.8. The number of nitrogens with one attached hydrogen (secondary N) is 1. The van der Waals surface area contributed by atoms with Crippen LogP contribution in [0.3, 0.4) is 0 Å². The Morgan fingerprint density at radius 2 is 1.89 bits per heavy atom. The van der Waals surface area contributed by atoms with Gasteiger partial charge in [-0.1, -0.05) is 12.1 Å². The van der Waals surface area contributed by atoms with E-state index in [1.165, 1.54) is 0 Å². The van der Waals surface area contributed by atoms with Gasteiger partial charge < -0.3 is 10.1 Å². The highest BCUT2D eigenvalue weighted by atomic mass is 16.5. The van der Waals surface area contributed by atoms with Gasteiger partial charge in [0.15, 0.2) is 5.82 Å². The first kappa shape index (κ1) is 17.2. The minimum absolute atomic E-state index is 0.00402. The molecule has 0 bridgehead atoms. The van der Waals surface area contributed by atoms with Crippen molar-refractivity contribution in [2.75, 3.05) is 5.32 Å². The average Bonchev–Trinajstić information content (AvgIpc) is 3.39. The summed E-state index contributed by atoms with van der Waals surface area (Å²) < 4.78 is 7.60. The van der Waals surface area contributed by atoms with Crippen molar-refractivity contribution in [1.82, 2.24) is 20.2 Å². The van der Waals surface area contributed by atoms with Crippen LogP contribution in [-0.4, -0.2) is 32.2 Å². The Balaban J connectivity index is 1.50. The highest BCUT2D eigenvalue weighted by molar-refractivity contribution is 6.06. The fourth-order valence-corrected chi connectivity index (χ4v) is 2.86. The Morgan fingerprint density at radius 3 is 2.59 bits per heavy atom. The molecule has 138 valence electrons. The first-order valence-corrected chi connectivity index (χ1v) is 9.07. The number of benzene rings is 2. The zero-order valence-electron chi connectivity index (χ0n) is 15.3. The van der Waals surface area contributed by atoms with E-state index < -0.39 is 0 Å². The van der Waals surface area contributed by atoms with Gasteiger partial charge in [-0.25, -0.2) is 4.68 Å². The Labute approximate surface area is 157 Å². The number of carbonyl (C=O) groups excluding carboxylic acids is 1. The Morgan fingerprint density at radius 1 is 1.15 bits per heavy atom. The quantitative estimate of drug-likeness (QED) is 0.722. The largest absolute Gasteiger partial charge is 0.490 e.